The highest BCUT2D eigenvalue weighted by Gasteiger charge is 2.31. The number of piperidine rings is 1. The molecule has 1 saturated heterocycles. The van der Waals surface area contributed by atoms with Crippen LogP contribution in [0.15, 0.2) is 60.8 Å². The molecule has 0 spiro atoms. The molecule has 2 heterocycles. The van der Waals surface area contributed by atoms with E-state index in [1.807, 2.05) is 54.6 Å². The third kappa shape index (κ3) is 5.30. The van der Waals surface area contributed by atoms with Gasteiger partial charge in [-0.25, -0.2) is 4.68 Å². The standard InChI is InChI=1S/C27H32N4O3/c1-3-4-15-28-26(32)21-11-9-16-30(18-21)27(33)24-19-31(22-12-6-5-7-13-22)29-25(24)20-10-8-14-23(17-20)34-2/h5-8,10,12-14,17,19,21H,3-4,9,11,15-16,18H2,1-2H3,(H,28,32). The lowest BCUT2D eigenvalue weighted by atomic mass is 9.96. The van der Waals surface area contributed by atoms with Gasteiger partial charge in [-0.2, -0.15) is 5.10 Å². The number of nitrogens with zero attached hydrogens (tertiary/aromatic N) is 3. The number of rotatable bonds is 8. The minimum Gasteiger partial charge on any atom is -0.497 e. The summed E-state index contributed by atoms with van der Waals surface area (Å²) in [5.74, 6) is 0.455. The number of methoxy groups -OCH3 is 1. The van der Waals surface area contributed by atoms with E-state index in [1.165, 1.54) is 0 Å². The van der Waals surface area contributed by atoms with E-state index in [9.17, 15) is 9.59 Å². The summed E-state index contributed by atoms with van der Waals surface area (Å²) in [6, 6.07) is 17.3. The van der Waals surface area contributed by atoms with Crippen molar-refractivity contribution in [3.63, 3.8) is 0 Å². The number of nitrogens with one attached hydrogen (secondary N) is 1. The van der Waals surface area contributed by atoms with Crippen LogP contribution in [0.1, 0.15) is 43.0 Å². The van der Waals surface area contributed by atoms with E-state index >= 15 is 0 Å². The van der Waals surface area contributed by atoms with E-state index in [0.717, 1.165) is 36.9 Å². The number of amides is 2. The molecule has 0 aliphatic carbocycles. The summed E-state index contributed by atoms with van der Waals surface area (Å²) in [4.78, 5) is 28.2. The van der Waals surface area contributed by atoms with Gasteiger partial charge in [0.25, 0.3) is 5.91 Å². The molecule has 2 amide bonds. The molecular weight excluding hydrogens is 428 g/mol. The number of benzene rings is 2. The normalized spacial score (nSPS) is 15.7. The minimum atomic E-state index is -0.181. The number of ether oxygens (including phenoxy) is 1. The molecule has 1 aliphatic rings. The van der Waals surface area contributed by atoms with Gasteiger partial charge in [0.05, 0.1) is 24.3 Å². The fraction of sp³-hybridized carbons (Fsp3) is 0.370. The van der Waals surface area contributed by atoms with E-state index in [0.29, 0.717) is 36.6 Å². The van der Waals surface area contributed by atoms with Crippen LogP contribution in [0.3, 0.4) is 0 Å². The van der Waals surface area contributed by atoms with Crippen molar-refractivity contribution in [2.45, 2.75) is 32.6 Å². The van der Waals surface area contributed by atoms with Gasteiger partial charge in [0, 0.05) is 31.4 Å². The Hall–Kier alpha value is -3.61. The number of unbranched alkanes of at least 4 members (excludes halogenated alkanes) is 1. The van der Waals surface area contributed by atoms with Crippen LogP contribution < -0.4 is 10.1 Å². The summed E-state index contributed by atoms with van der Waals surface area (Å²) in [6.45, 7) is 3.84. The Kier molecular flexibility index (Phi) is 7.62. The number of carbonyl (C=O) groups excluding carboxylic acids is 2. The van der Waals surface area contributed by atoms with Crippen molar-refractivity contribution in [3.05, 3.63) is 66.4 Å². The number of aromatic nitrogens is 2. The van der Waals surface area contributed by atoms with Crippen LogP contribution in [0, 0.1) is 5.92 Å². The molecule has 0 saturated carbocycles. The molecule has 1 aromatic heterocycles. The maximum Gasteiger partial charge on any atom is 0.257 e. The number of hydrogen-bond donors (Lipinski definition) is 1. The highest BCUT2D eigenvalue weighted by atomic mass is 16.5. The second kappa shape index (κ2) is 11.0. The molecule has 1 fully saturated rings. The van der Waals surface area contributed by atoms with Crippen LogP contribution >= 0.6 is 0 Å². The minimum absolute atomic E-state index is 0.0407. The Balaban J connectivity index is 1.63. The highest BCUT2D eigenvalue weighted by molar-refractivity contribution is 6.00. The number of likely N-dealkylation sites (tertiary alicyclic amines) is 1. The van der Waals surface area contributed by atoms with Gasteiger partial charge in [-0.1, -0.05) is 43.7 Å². The fourth-order valence-corrected chi connectivity index (χ4v) is 4.31. The summed E-state index contributed by atoms with van der Waals surface area (Å²) in [7, 11) is 1.62. The van der Waals surface area contributed by atoms with Gasteiger partial charge in [0.15, 0.2) is 0 Å². The monoisotopic (exact) mass is 460 g/mol. The third-order valence-corrected chi connectivity index (χ3v) is 6.22. The predicted octanol–water partition coefficient (Wildman–Crippen LogP) is 4.32. The van der Waals surface area contributed by atoms with Gasteiger partial charge in [-0.15, -0.1) is 0 Å². The maximum absolute atomic E-state index is 13.7. The Morgan fingerprint density at radius 3 is 2.74 bits per heavy atom. The van der Waals surface area contributed by atoms with Crippen LogP contribution in [-0.4, -0.2) is 53.2 Å². The zero-order valence-electron chi connectivity index (χ0n) is 19.9. The molecule has 34 heavy (non-hydrogen) atoms. The van der Waals surface area contributed by atoms with E-state index in [4.69, 9.17) is 9.84 Å². The van der Waals surface area contributed by atoms with Crippen molar-refractivity contribution in [1.82, 2.24) is 20.0 Å². The van der Waals surface area contributed by atoms with Crippen molar-refractivity contribution in [2.75, 3.05) is 26.7 Å². The first kappa shape index (κ1) is 23.5. The van der Waals surface area contributed by atoms with Gasteiger partial charge >= 0.3 is 0 Å². The highest BCUT2D eigenvalue weighted by Crippen LogP contribution is 2.29. The van der Waals surface area contributed by atoms with Gasteiger partial charge in [0.1, 0.15) is 11.4 Å². The lowest BCUT2D eigenvalue weighted by molar-refractivity contribution is -0.126. The second-order valence-corrected chi connectivity index (χ2v) is 8.64. The van der Waals surface area contributed by atoms with Crippen LogP contribution in [0.4, 0.5) is 0 Å². The first-order chi connectivity index (χ1) is 16.6. The molecule has 1 aliphatic heterocycles. The summed E-state index contributed by atoms with van der Waals surface area (Å²) in [5.41, 5.74) is 2.80. The third-order valence-electron chi connectivity index (χ3n) is 6.22. The largest absolute Gasteiger partial charge is 0.497 e. The smallest absolute Gasteiger partial charge is 0.257 e. The Morgan fingerprint density at radius 1 is 1.15 bits per heavy atom. The van der Waals surface area contributed by atoms with Crippen molar-refractivity contribution < 1.29 is 14.3 Å². The zero-order chi connectivity index (χ0) is 23.9. The van der Waals surface area contributed by atoms with Crippen molar-refractivity contribution >= 4 is 11.8 Å². The zero-order valence-corrected chi connectivity index (χ0v) is 19.9. The first-order valence-electron chi connectivity index (χ1n) is 12.0. The molecule has 0 bridgehead atoms. The van der Waals surface area contributed by atoms with Gasteiger partial charge < -0.3 is 15.0 Å². The van der Waals surface area contributed by atoms with Crippen LogP contribution in [0.5, 0.6) is 5.75 Å². The molecule has 1 N–H and O–H groups in total. The fourth-order valence-electron chi connectivity index (χ4n) is 4.31. The van der Waals surface area contributed by atoms with Gasteiger partial charge in [-0.3, -0.25) is 9.59 Å². The maximum atomic E-state index is 13.7. The average molecular weight is 461 g/mol. The summed E-state index contributed by atoms with van der Waals surface area (Å²) in [5, 5.41) is 7.80. The molecule has 3 aromatic rings. The quantitative estimate of drug-likeness (QED) is 0.508. The van der Waals surface area contributed by atoms with Crippen LogP contribution in [0.2, 0.25) is 0 Å². The van der Waals surface area contributed by atoms with Crippen molar-refractivity contribution in [1.29, 1.82) is 0 Å². The van der Waals surface area contributed by atoms with E-state index in [1.54, 1.807) is 22.9 Å². The Morgan fingerprint density at radius 2 is 1.97 bits per heavy atom. The van der Waals surface area contributed by atoms with E-state index in [2.05, 4.69) is 12.2 Å². The molecule has 7 heteroatoms. The molecule has 7 nitrogen and oxygen atoms in total. The molecular formula is C27H32N4O3. The van der Waals surface area contributed by atoms with Crippen LogP contribution in [-0.2, 0) is 4.79 Å². The molecule has 178 valence electrons. The molecule has 1 unspecified atom stereocenters. The Labute approximate surface area is 200 Å². The van der Waals surface area contributed by atoms with Gasteiger partial charge in [-0.05, 0) is 43.5 Å². The lowest BCUT2D eigenvalue weighted by Gasteiger charge is -2.32. The first-order valence-corrected chi connectivity index (χ1v) is 12.0. The summed E-state index contributed by atoms with van der Waals surface area (Å²) >= 11 is 0. The predicted molar refractivity (Wildman–Crippen MR) is 132 cm³/mol. The second-order valence-electron chi connectivity index (χ2n) is 8.64. The van der Waals surface area contributed by atoms with Crippen molar-refractivity contribution in [2.24, 2.45) is 5.92 Å². The summed E-state index contributed by atoms with van der Waals surface area (Å²) in [6.07, 6.45) is 5.39. The number of para-hydroxylation sites is 1. The SMILES string of the molecule is CCCCNC(=O)C1CCCN(C(=O)c2cn(-c3ccccc3)nc2-c2cccc(OC)c2)C1. The molecule has 0 radical (unpaired) electrons. The van der Waals surface area contributed by atoms with E-state index < -0.39 is 0 Å². The Bertz CT molecular complexity index is 1130. The molecule has 4 rings (SSSR count). The molecule has 2 aromatic carbocycles. The lowest BCUT2D eigenvalue weighted by Crippen LogP contribution is -2.45. The topological polar surface area (TPSA) is 76.5 Å². The number of carbonyl (C=O) groups is 2. The van der Waals surface area contributed by atoms with E-state index in [-0.39, 0.29) is 17.7 Å². The van der Waals surface area contributed by atoms with Crippen molar-refractivity contribution in [3.8, 4) is 22.7 Å². The molecule has 1 atom stereocenters. The summed E-state index contributed by atoms with van der Waals surface area (Å²) < 4.78 is 7.13. The number of hydrogen-bond acceptors (Lipinski definition) is 4. The van der Waals surface area contributed by atoms with Gasteiger partial charge in [0.2, 0.25) is 5.91 Å². The van der Waals surface area contributed by atoms with Crippen LogP contribution in [0.25, 0.3) is 16.9 Å². The average Bonchev–Trinajstić information content (AvgIpc) is 3.34.